The highest BCUT2D eigenvalue weighted by atomic mass is 35.5. The molecule has 5 nitrogen and oxygen atoms in total. The Kier molecular flexibility index (Phi) is 3.65. The van der Waals surface area contributed by atoms with Gasteiger partial charge in [-0.2, -0.15) is 15.1 Å². The number of amides is 1. The summed E-state index contributed by atoms with van der Waals surface area (Å²) < 4.78 is 0. The highest BCUT2D eigenvalue weighted by molar-refractivity contribution is 8.26. The van der Waals surface area contributed by atoms with E-state index >= 15 is 0 Å². The molecule has 21 heavy (non-hydrogen) atoms. The Morgan fingerprint density at radius 1 is 1.48 bits per heavy atom. The molecule has 1 N–H and O–H groups in total. The topological polar surface area (TPSA) is 68.9 Å². The molecule has 2 heterocycles. The largest absolute Gasteiger partial charge is 0.283 e. The van der Waals surface area contributed by atoms with Crippen LogP contribution in [0.1, 0.15) is 18.9 Å². The normalized spacial score (nSPS) is 19.7. The van der Waals surface area contributed by atoms with Gasteiger partial charge in [-0.1, -0.05) is 30.7 Å². The summed E-state index contributed by atoms with van der Waals surface area (Å²) in [6.07, 6.45) is 2.36. The van der Waals surface area contributed by atoms with Gasteiger partial charge in [-0.05, 0) is 42.0 Å². The third-order valence-electron chi connectivity index (χ3n) is 2.96. The van der Waals surface area contributed by atoms with Gasteiger partial charge >= 0.3 is 0 Å². The van der Waals surface area contributed by atoms with Crippen molar-refractivity contribution in [1.82, 2.24) is 5.01 Å². The van der Waals surface area contributed by atoms with Crippen LogP contribution < -0.4 is 0 Å². The Balaban J connectivity index is 2.00. The van der Waals surface area contributed by atoms with Crippen molar-refractivity contribution in [2.75, 3.05) is 0 Å². The van der Waals surface area contributed by atoms with E-state index in [0.717, 1.165) is 17.0 Å². The Morgan fingerprint density at radius 2 is 2.29 bits per heavy atom. The summed E-state index contributed by atoms with van der Waals surface area (Å²) in [6, 6.07) is 7.09. The second-order valence-electron chi connectivity index (χ2n) is 4.42. The minimum atomic E-state index is -0.425. The first kappa shape index (κ1) is 14.0. The van der Waals surface area contributed by atoms with E-state index in [1.54, 1.807) is 24.3 Å². The zero-order chi connectivity index (χ0) is 15.0. The van der Waals surface area contributed by atoms with Crippen molar-refractivity contribution in [1.29, 1.82) is 5.41 Å². The van der Waals surface area contributed by atoms with E-state index in [2.05, 4.69) is 10.1 Å². The number of nitrogens with zero attached hydrogens (tertiary/aromatic N) is 3. The van der Waals surface area contributed by atoms with Gasteiger partial charge in [0.1, 0.15) is 5.04 Å². The molecule has 1 aromatic rings. The van der Waals surface area contributed by atoms with Crippen molar-refractivity contribution in [2.45, 2.75) is 13.3 Å². The van der Waals surface area contributed by atoms with Gasteiger partial charge in [0.2, 0.25) is 5.17 Å². The average molecular weight is 319 g/mol. The summed E-state index contributed by atoms with van der Waals surface area (Å²) in [5, 5.41) is 15.7. The lowest BCUT2D eigenvalue weighted by atomic mass is 10.1. The maximum atomic E-state index is 12.1. The molecule has 7 heteroatoms. The predicted molar refractivity (Wildman–Crippen MR) is 86.8 cm³/mol. The first-order chi connectivity index (χ1) is 10.1. The van der Waals surface area contributed by atoms with Crippen molar-refractivity contribution in [3.63, 3.8) is 0 Å². The summed E-state index contributed by atoms with van der Waals surface area (Å²) in [4.78, 5) is 16.1. The molecule has 1 amide bonds. The van der Waals surface area contributed by atoms with Crippen molar-refractivity contribution in [3.05, 3.63) is 40.4 Å². The van der Waals surface area contributed by atoms with Gasteiger partial charge in [0.25, 0.3) is 5.91 Å². The number of fused-ring (bicyclic) bond motifs is 1. The quantitative estimate of drug-likeness (QED) is 0.850. The molecule has 0 saturated carbocycles. The number of carbonyl (C=O) groups excluding carboxylic acids is 1. The van der Waals surface area contributed by atoms with Crippen LogP contribution in [0.3, 0.4) is 0 Å². The number of amidine groups is 2. The van der Waals surface area contributed by atoms with Crippen LogP contribution in [0.15, 0.2) is 39.9 Å². The van der Waals surface area contributed by atoms with Gasteiger partial charge in [0.05, 0.1) is 5.57 Å². The van der Waals surface area contributed by atoms with Gasteiger partial charge in [-0.25, -0.2) is 0 Å². The van der Waals surface area contributed by atoms with Gasteiger partial charge in [-0.3, -0.25) is 10.2 Å². The Hall–Kier alpha value is -1.92. The fraction of sp³-hybridized carbons (Fsp3) is 0.143. The molecule has 0 aliphatic carbocycles. The number of thioether (sulfide) groups is 1. The standard InChI is InChI=1S/C14H11ClN4OS/c1-2-11-18-19-12(16)10(13(20)17-14(19)21-11)7-8-4-3-5-9(15)6-8/h3-7,16H,2H2,1H3. The number of carbonyl (C=O) groups is 1. The van der Waals surface area contributed by atoms with Crippen LogP contribution >= 0.6 is 23.4 Å². The second-order valence-corrected chi connectivity index (χ2v) is 5.90. The molecule has 2 aliphatic rings. The Morgan fingerprint density at radius 3 is 3.00 bits per heavy atom. The lowest BCUT2D eigenvalue weighted by Crippen LogP contribution is -2.35. The number of benzene rings is 1. The maximum Gasteiger partial charge on any atom is 0.283 e. The second kappa shape index (κ2) is 5.46. The zero-order valence-electron chi connectivity index (χ0n) is 11.1. The minimum absolute atomic E-state index is 0.0425. The van der Waals surface area contributed by atoms with Gasteiger partial charge in [0, 0.05) is 5.02 Å². The van der Waals surface area contributed by atoms with E-state index in [1.807, 2.05) is 13.0 Å². The van der Waals surface area contributed by atoms with Crippen LogP contribution in [-0.4, -0.2) is 27.0 Å². The van der Waals surface area contributed by atoms with Crippen molar-refractivity contribution < 1.29 is 4.79 Å². The number of hydrazone groups is 1. The molecule has 0 saturated heterocycles. The first-order valence-electron chi connectivity index (χ1n) is 6.33. The van der Waals surface area contributed by atoms with E-state index in [0.29, 0.717) is 10.2 Å². The molecule has 2 aliphatic heterocycles. The number of aliphatic imine (C=N–C) groups is 1. The van der Waals surface area contributed by atoms with Crippen LogP contribution in [-0.2, 0) is 4.79 Å². The van der Waals surface area contributed by atoms with Gasteiger partial charge in [-0.15, -0.1) is 0 Å². The van der Waals surface area contributed by atoms with Crippen LogP contribution in [0.5, 0.6) is 0 Å². The highest BCUT2D eigenvalue weighted by Crippen LogP contribution is 2.29. The number of nitrogens with one attached hydrogen (secondary N) is 1. The van der Waals surface area contributed by atoms with Crippen molar-refractivity contribution >= 4 is 51.4 Å². The SMILES string of the molecule is CCC1=NN2C(=N)C(=Cc3cccc(Cl)c3)C(=O)N=C2S1. The van der Waals surface area contributed by atoms with Gasteiger partial charge in [0.15, 0.2) is 5.84 Å². The van der Waals surface area contributed by atoms with E-state index in [-0.39, 0.29) is 11.4 Å². The average Bonchev–Trinajstić information content (AvgIpc) is 2.87. The number of hydrogen-bond acceptors (Lipinski definition) is 4. The summed E-state index contributed by atoms with van der Waals surface area (Å²) >= 11 is 7.26. The van der Waals surface area contributed by atoms with Crippen LogP contribution in [0.25, 0.3) is 6.08 Å². The Labute approximate surface area is 130 Å². The molecule has 0 atom stereocenters. The Bertz CT molecular complexity index is 738. The van der Waals surface area contributed by atoms with Gasteiger partial charge < -0.3 is 0 Å². The molecule has 0 unspecified atom stereocenters. The lowest BCUT2D eigenvalue weighted by Gasteiger charge is -2.20. The molecule has 0 radical (unpaired) electrons. The van der Waals surface area contributed by atoms with E-state index in [1.165, 1.54) is 16.8 Å². The third kappa shape index (κ3) is 2.64. The molecular weight excluding hydrogens is 308 g/mol. The zero-order valence-corrected chi connectivity index (χ0v) is 12.7. The molecule has 0 fully saturated rings. The summed E-state index contributed by atoms with van der Waals surface area (Å²) in [5.74, 6) is -0.382. The van der Waals surface area contributed by atoms with E-state index in [4.69, 9.17) is 17.0 Å². The van der Waals surface area contributed by atoms with Crippen molar-refractivity contribution in [2.24, 2.45) is 10.1 Å². The van der Waals surface area contributed by atoms with E-state index < -0.39 is 5.91 Å². The predicted octanol–water partition coefficient (Wildman–Crippen LogP) is 3.37. The van der Waals surface area contributed by atoms with E-state index in [9.17, 15) is 4.79 Å². The summed E-state index contributed by atoms with van der Waals surface area (Å²) in [5.41, 5.74) is 0.962. The lowest BCUT2D eigenvalue weighted by molar-refractivity contribution is -0.114. The smallest absolute Gasteiger partial charge is 0.282 e. The monoisotopic (exact) mass is 318 g/mol. The number of hydrogen-bond donors (Lipinski definition) is 1. The number of rotatable bonds is 2. The molecule has 3 rings (SSSR count). The van der Waals surface area contributed by atoms with Crippen LogP contribution in [0, 0.1) is 5.41 Å². The molecular formula is C14H11ClN4OS. The fourth-order valence-electron chi connectivity index (χ4n) is 1.94. The van der Waals surface area contributed by atoms with Crippen molar-refractivity contribution in [3.8, 4) is 0 Å². The molecule has 1 aromatic carbocycles. The molecule has 0 aromatic heterocycles. The molecule has 0 bridgehead atoms. The van der Waals surface area contributed by atoms with Crippen LogP contribution in [0.4, 0.5) is 0 Å². The molecule has 106 valence electrons. The first-order valence-corrected chi connectivity index (χ1v) is 7.52. The third-order valence-corrected chi connectivity index (χ3v) is 4.25. The maximum absolute atomic E-state index is 12.1. The van der Waals surface area contributed by atoms with Crippen LogP contribution in [0.2, 0.25) is 5.02 Å². The summed E-state index contributed by atoms with van der Waals surface area (Å²) in [6.45, 7) is 1.97. The summed E-state index contributed by atoms with van der Waals surface area (Å²) in [7, 11) is 0. The minimum Gasteiger partial charge on any atom is -0.282 e. The number of halogens is 1. The fourth-order valence-corrected chi connectivity index (χ4v) is 2.96. The molecule has 0 spiro atoms. The highest BCUT2D eigenvalue weighted by Gasteiger charge is 2.34.